The lowest BCUT2D eigenvalue weighted by Gasteiger charge is -2.42. The zero-order chi connectivity index (χ0) is 60.3. The first-order valence-corrected chi connectivity index (χ1v) is 28.9. The summed E-state index contributed by atoms with van der Waals surface area (Å²) in [6, 6.07) is 6.85. The lowest BCUT2D eigenvalue weighted by Crippen LogP contribution is -2.56. The van der Waals surface area contributed by atoms with Crippen LogP contribution in [-0.4, -0.2) is 167 Å². The minimum absolute atomic E-state index is 0.0420. The lowest BCUT2D eigenvalue weighted by atomic mass is 9.65. The summed E-state index contributed by atoms with van der Waals surface area (Å²) in [6.45, 7) is 26.3. The van der Waals surface area contributed by atoms with E-state index in [1.165, 1.54) is 5.57 Å². The SMILES string of the molecule is COC1C(OC(=O)NCCOCCOCCNC(=O)CNC(=O)[C@@H](CC(C)C)NC(=O)[C@@H](Cc2ccccc2)NC(=O)CNC(=O)C(CC(C)(CC(C)(C)C)C(=O)NCC(C)O)C(C)(C)C)CC[C@]2(CO2)C1[C@@]1(C)O[C@@H]1CC=C(C)C. The number of benzene rings is 1. The number of hydrogen-bond donors (Lipinski definition) is 8. The summed E-state index contributed by atoms with van der Waals surface area (Å²) in [4.78, 5) is 94.5. The molecule has 1 aliphatic carbocycles. The molecule has 0 aromatic heterocycles. The topological polar surface area (TPSA) is 286 Å². The van der Waals surface area contributed by atoms with Crippen molar-refractivity contribution >= 4 is 41.5 Å². The Balaban J connectivity index is 1.19. The third kappa shape index (κ3) is 22.5. The molecule has 0 radical (unpaired) electrons. The smallest absolute Gasteiger partial charge is 0.407 e. The van der Waals surface area contributed by atoms with E-state index in [2.05, 4.69) is 64.1 Å². The first-order valence-electron chi connectivity index (χ1n) is 28.9. The van der Waals surface area contributed by atoms with Crippen LogP contribution in [0.1, 0.15) is 134 Å². The highest BCUT2D eigenvalue weighted by atomic mass is 16.6. The zero-order valence-corrected chi connectivity index (χ0v) is 50.9. The quantitative estimate of drug-likeness (QED) is 0.0275. The van der Waals surface area contributed by atoms with Gasteiger partial charge in [-0.2, -0.15) is 0 Å². The number of ether oxygens (including phenoxy) is 6. The van der Waals surface area contributed by atoms with E-state index in [0.29, 0.717) is 19.4 Å². The summed E-state index contributed by atoms with van der Waals surface area (Å²) in [5.41, 5.74) is -0.672. The van der Waals surface area contributed by atoms with Crippen molar-refractivity contribution in [1.82, 2.24) is 37.2 Å². The van der Waals surface area contributed by atoms with Crippen LogP contribution in [0.25, 0.3) is 0 Å². The van der Waals surface area contributed by atoms with E-state index < -0.39 is 88.8 Å². The Kier molecular flexibility index (Phi) is 26.1. The standard InChI is InChI=1S/C60H99N7O14/c1-38(2)20-21-46-59(13,81-46)50-49(76-14)45(22-23-60(50)37-79-60)80-55(75)62-25-27-78-29-28-77-26-24-61-47(69)34-64-52(72)43(30-39(3)4)67-53(73)44(31-41-18-16-15-17-19-41)66-48(70)35-63-51(71)42(57(9,10)11)32-58(12,36-56(6,7)8)54(74)65-33-40(5)68/h15-20,39-40,42-46,49-50,68H,21-37H2,1-14H3,(H,61,69)(H,62,75)(H,63,71)(H,64,72)(H,65,74)(H,66,70)(H,67,73)/t40?,42?,43-,44-,45?,46-,49?,50?,58?,59+,60+/m1/s1. The number of alkyl carbamates (subject to hydrolysis) is 1. The molecule has 3 fully saturated rings. The molecule has 0 bridgehead atoms. The van der Waals surface area contributed by atoms with Crippen LogP contribution in [0.5, 0.6) is 0 Å². The van der Waals surface area contributed by atoms with Crippen molar-refractivity contribution in [2.75, 3.05) is 72.9 Å². The summed E-state index contributed by atoms with van der Waals surface area (Å²) in [5, 5.41) is 29.1. The van der Waals surface area contributed by atoms with Crippen LogP contribution >= 0.6 is 0 Å². The Morgan fingerprint density at radius 1 is 0.790 bits per heavy atom. The fourth-order valence-corrected chi connectivity index (χ4v) is 11.1. The van der Waals surface area contributed by atoms with Gasteiger partial charge in [-0.15, -0.1) is 0 Å². The van der Waals surface area contributed by atoms with Crippen LogP contribution in [0.4, 0.5) is 4.79 Å². The van der Waals surface area contributed by atoms with Crippen molar-refractivity contribution in [3.63, 3.8) is 0 Å². The summed E-state index contributed by atoms with van der Waals surface area (Å²) in [5.74, 6) is -3.86. The Bertz CT molecular complexity index is 2260. The largest absolute Gasteiger partial charge is 0.443 e. The van der Waals surface area contributed by atoms with Gasteiger partial charge in [0, 0.05) is 44.5 Å². The molecule has 21 heteroatoms. The molecule has 1 aromatic carbocycles. The molecular weight excluding hydrogens is 1040 g/mol. The third-order valence-electron chi connectivity index (χ3n) is 15.1. The molecule has 1 aromatic rings. The third-order valence-corrected chi connectivity index (χ3v) is 15.1. The molecule has 6 unspecified atom stereocenters. The number of amides is 7. The van der Waals surface area contributed by atoms with Crippen LogP contribution in [0, 0.1) is 34.0 Å². The second kappa shape index (κ2) is 30.9. The number of carbonyl (C=O) groups is 7. The zero-order valence-electron chi connectivity index (χ0n) is 50.9. The van der Waals surface area contributed by atoms with Gasteiger partial charge in [0.25, 0.3) is 0 Å². The number of rotatable bonds is 33. The normalized spacial score (nSPS) is 23.6. The summed E-state index contributed by atoms with van der Waals surface area (Å²) in [7, 11) is 1.63. The predicted molar refractivity (Wildman–Crippen MR) is 306 cm³/mol. The maximum absolute atomic E-state index is 14.0. The van der Waals surface area contributed by atoms with Gasteiger partial charge >= 0.3 is 6.09 Å². The van der Waals surface area contributed by atoms with Crippen molar-refractivity contribution in [2.45, 2.75) is 183 Å². The van der Waals surface area contributed by atoms with Gasteiger partial charge in [0.2, 0.25) is 35.4 Å². The summed E-state index contributed by atoms with van der Waals surface area (Å²) >= 11 is 0. The minimum Gasteiger partial charge on any atom is -0.443 e. The van der Waals surface area contributed by atoms with E-state index in [4.69, 9.17) is 28.4 Å². The molecule has 458 valence electrons. The number of allylic oxidation sites excluding steroid dienone is 1. The van der Waals surface area contributed by atoms with Gasteiger partial charge in [-0.05, 0) is 88.5 Å². The Morgan fingerprint density at radius 3 is 1.98 bits per heavy atom. The first kappa shape index (κ1) is 68.3. The van der Waals surface area contributed by atoms with Gasteiger partial charge in [0.1, 0.15) is 35.5 Å². The number of aliphatic hydroxyl groups excluding tert-OH is 1. The Morgan fingerprint density at radius 2 is 1.41 bits per heavy atom. The van der Waals surface area contributed by atoms with Gasteiger partial charge < -0.3 is 70.7 Å². The minimum atomic E-state index is -1.14. The van der Waals surface area contributed by atoms with Gasteiger partial charge in [-0.3, -0.25) is 28.8 Å². The molecule has 7 amide bonds. The van der Waals surface area contributed by atoms with Gasteiger partial charge in [0.05, 0.1) is 64.2 Å². The first-order chi connectivity index (χ1) is 37.9. The van der Waals surface area contributed by atoms with Crippen LogP contribution < -0.4 is 37.2 Å². The molecule has 1 spiro atoms. The van der Waals surface area contributed by atoms with E-state index in [1.807, 2.05) is 68.4 Å². The van der Waals surface area contributed by atoms with E-state index in [9.17, 15) is 38.7 Å². The van der Waals surface area contributed by atoms with Crippen molar-refractivity contribution in [2.24, 2.45) is 34.0 Å². The number of methoxy groups -OCH3 is 1. The fraction of sp³-hybridized carbons (Fsp3) is 0.750. The maximum Gasteiger partial charge on any atom is 0.407 e. The summed E-state index contributed by atoms with van der Waals surface area (Å²) < 4.78 is 35.3. The molecule has 2 heterocycles. The van der Waals surface area contributed by atoms with E-state index in [0.717, 1.165) is 18.4 Å². The molecule has 2 aliphatic heterocycles. The highest BCUT2D eigenvalue weighted by Gasteiger charge is 2.72. The van der Waals surface area contributed by atoms with Crippen LogP contribution in [0.2, 0.25) is 0 Å². The fourth-order valence-electron chi connectivity index (χ4n) is 11.1. The average molecular weight is 1140 g/mol. The second-order valence-corrected chi connectivity index (χ2v) is 25.7. The van der Waals surface area contributed by atoms with E-state index in [1.54, 1.807) is 38.3 Å². The number of epoxide rings is 2. The molecule has 2 saturated heterocycles. The molecule has 1 saturated carbocycles. The molecule has 4 rings (SSSR count). The van der Waals surface area contributed by atoms with E-state index >= 15 is 0 Å². The predicted octanol–water partition coefficient (Wildman–Crippen LogP) is 4.42. The molecule has 8 N–H and O–H groups in total. The van der Waals surface area contributed by atoms with Gasteiger partial charge in [-0.25, -0.2) is 4.79 Å². The lowest BCUT2D eigenvalue weighted by molar-refractivity contribution is -0.138. The molecular formula is C60H99N7O14. The molecule has 81 heavy (non-hydrogen) atoms. The maximum atomic E-state index is 14.0. The van der Waals surface area contributed by atoms with Crippen molar-refractivity contribution < 1.29 is 67.1 Å². The Hall–Kier alpha value is -5.19. The van der Waals surface area contributed by atoms with Crippen molar-refractivity contribution in [3.05, 3.63) is 47.5 Å². The second-order valence-electron chi connectivity index (χ2n) is 25.7. The van der Waals surface area contributed by atoms with Crippen molar-refractivity contribution in [3.8, 4) is 0 Å². The number of nitrogens with one attached hydrogen (secondary N) is 7. The van der Waals surface area contributed by atoms with Gasteiger partial charge in [0.15, 0.2) is 0 Å². The number of aliphatic hydroxyl groups is 1. The molecule has 3 aliphatic rings. The van der Waals surface area contributed by atoms with Crippen LogP contribution in [0.15, 0.2) is 42.0 Å². The average Bonchev–Trinajstić information content (AvgIpc) is 2.75. The van der Waals surface area contributed by atoms with Crippen LogP contribution in [0.3, 0.4) is 0 Å². The number of hydrogen-bond acceptors (Lipinski definition) is 14. The highest BCUT2D eigenvalue weighted by Crippen LogP contribution is 2.59. The summed E-state index contributed by atoms with van der Waals surface area (Å²) in [6.07, 6.45) is 3.17. The Labute approximate surface area is 481 Å². The van der Waals surface area contributed by atoms with Crippen LogP contribution in [-0.2, 0) is 63.6 Å². The molecule has 11 atom stereocenters. The van der Waals surface area contributed by atoms with Gasteiger partial charge in [-0.1, -0.05) is 104 Å². The highest BCUT2D eigenvalue weighted by molar-refractivity contribution is 5.94. The van der Waals surface area contributed by atoms with E-state index in [-0.39, 0.29) is 113 Å². The number of carbonyl (C=O) groups excluding carboxylic acids is 7. The monoisotopic (exact) mass is 1140 g/mol. The molecule has 21 nitrogen and oxygen atoms in total. The van der Waals surface area contributed by atoms with Crippen molar-refractivity contribution in [1.29, 1.82) is 0 Å².